The highest BCUT2D eigenvalue weighted by atomic mass is 16.5. The van der Waals surface area contributed by atoms with E-state index in [1.807, 2.05) is 12.1 Å². The van der Waals surface area contributed by atoms with E-state index in [4.69, 9.17) is 14.3 Å². The molecule has 1 saturated heterocycles. The largest absolute Gasteiger partial charge is 0.478 e. The molecule has 1 unspecified atom stereocenters. The molecule has 1 aromatic carbocycles. The number of carbonyl (C=O) groups is 1. The van der Waals surface area contributed by atoms with Crippen LogP contribution in [0.5, 0.6) is 0 Å². The molecule has 0 bridgehead atoms. The summed E-state index contributed by atoms with van der Waals surface area (Å²) in [6, 6.07) is 10.5. The second-order valence-corrected chi connectivity index (χ2v) is 5.41. The zero-order chi connectivity index (χ0) is 15.4. The van der Waals surface area contributed by atoms with Crippen molar-refractivity contribution in [3.63, 3.8) is 0 Å². The first-order chi connectivity index (χ1) is 10.7. The molecule has 2 heterocycles. The van der Waals surface area contributed by atoms with Gasteiger partial charge in [-0.3, -0.25) is 0 Å². The average molecular weight is 301 g/mol. The Balaban J connectivity index is 1.57. The fourth-order valence-corrected chi connectivity index (χ4v) is 2.57. The Kier molecular flexibility index (Phi) is 4.56. The van der Waals surface area contributed by atoms with Gasteiger partial charge in [0.05, 0.1) is 18.2 Å². The number of furan rings is 1. The van der Waals surface area contributed by atoms with Gasteiger partial charge in [-0.1, -0.05) is 12.1 Å². The van der Waals surface area contributed by atoms with Gasteiger partial charge >= 0.3 is 5.97 Å². The molecule has 1 aromatic heterocycles. The number of aromatic carboxylic acids is 1. The number of benzene rings is 1. The number of hydrogen-bond acceptors (Lipinski definition) is 4. The number of carboxylic acid groups (broad SMARTS) is 1. The van der Waals surface area contributed by atoms with E-state index < -0.39 is 5.97 Å². The Bertz CT molecular complexity index is 626. The molecular formula is C17H19NO4. The minimum atomic E-state index is -0.926. The topological polar surface area (TPSA) is 71.7 Å². The predicted molar refractivity (Wildman–Crippen MR) is 81.8 cm³/mol. The molecule has 1 aliphatic heterocycles. The van der Waals surface area contributed by atoms with Crippen LogP contribution in [0.4, 0.5) is 0 Å². The zero-order valence-corrected chi connectivity index (χ0v) is 12.2. The van der Waals surface area contributed by atoms with Crippen LogP contribution in [-0.4, -0.2) is 30.3 Å². The van der Waals surface area contributed by atoms with Gasteiger partial charge in [-0.15, -0.1) is 0 Å². The van der Waals surface area contributed by atoms with Crippen molar-refractivity contribution >= 4 is 5.97 Å². The molecule has 5 nitrogen and oxygen atoms in total. The summed E-state index contributed by atoms with van der Waals surface area (Å²) in [5.41, 5.74) is 1.14. The van der Waals surface area contributed by atoms with Gasteiger partial charge in [0.2, 0.25) is 0 Å². The molecule has 1 aliphatic rings. The van der Waals surface area contributed by atoms with E-state index in [2.05, 4.69) is 5.32 Å². The highest BCUT2D eigenvalue weighted by Gasteiger charge is 2.15. The van der Waals surface area contributed by atoms with Crippen LogP contribution in [0.15, 0.2) is 40.8 Å². The lowest BCUT2D eigenvalue weighted by Crippen LogP contribution is -2.25. The van der Waals surface area contributed by atoms with Gasteiger partial charge in [-0.05, 0) is 37.1 Å². The Morgan fingerprint density at radius 3 is 2.73 bits per heavy atom. The van der Waals surface area contributed by atoms with E-state index in [1.54, 1.807) is 24.3 Å². The van der Waals surface area contributed by atoms with Crippen LogP contribution < -0.4 is 5.32 Å². The summed E-state index contributed by atoms with van der Waals surface area (Å²) in [7, 11) is 0. The van der Waals surface area contributed by atoms with E-state index >= 15 is 0 Å². The highest BCUT2D eigenvalue weighted by Crippen LogP contribution is 2.22. The first-order valence-electron chi connectivity index (χ1n) is 7.47. The van der Waals surface area contributed by atoms with E-state index in [9.17, 15) is 4.79 Å². The molecule has 0 spiro atoms. The fraction of sp³-hybridized carbons (Fsp3) is 0.353. The molecule has 0 aliphatic carbocycles. The summed E-state index contributed by atoms with van der Waals surface area (Å²) in [5.74, 6) is 0.672. The smallest absolute Gasteiger partial charge is 0.335 e. The molecule has 2 N–H and O–H groups in total. The van der Waals surface area contributed by atoms with Crippen LogP contribution in [-0.2, 0) is 11.3 Å². The number of hydrogen-bond donors (Lipinski definition) is 2. The van der Waals surface area contributed by atoms with Gasteiger partial charge in [-0.2, -0.15) is 0 Å². The standard InChI is InChI=1S/C17H19NO4/c19-17(20)13-5-3-12(4-6-13)16-8-7-15(22-16)11-18-10-14-2-1-9-21-14/h3-8,14,18H,1-2,9-11H2,(H,19,20). The van der Waals surface area contributed by atoms with Crippen molar-refractivity contribution < 1.29 is 19.1 Å². The minimum Gasteiger partial charge on any atom is -0.478 e. The maximum absolute atomic E-state index is 10.8. The third-order valence-electron chi connectivity index (χ3n) is 3.77. The molecule has 1 fully saturated rings. The maximum Gasteiger partial charge on any atom is 0.335 e. The third kappa shape index (κ3) is 3.55. The van der Waals surface area contributed by atoms with Gasteiger partial charge in [0, 0.05) is 18.7 Å². The fourth-order valence-electron chi connectivity index (χ4n) is 2.57. The summed E-state index contributed by atoms with van der Waals surface area (Å²) in [4.78, 5) is 10.8. The monoisotopic (exact) mass is 301 g/mol. The molecule has 3 rings (SSSR count). The van der Waals surface area contributed by atoms with Gasteiger partial charge in [-0.25, -0.2) is 4.79 Å². The number of carboxylic acids is 1. The van der Waals surface area contributed by atoms with E-state index in [-0.39, 0.29) is 5.56 Å². The van der Waals surface area contributed by atoms with Crippen molar-refractivity contribution in [3.05, 3.63) is 47.7 Å². The van der Waals surface area contributed by atoms with Crippen LogP contribution in [0, 0.1) is 0 Å². The van der Waals surface area contributed by atoms with Crippen molar-refractivity contribution in [2.45, 2.75) is 25.5 Å². The van der Waals surface area contributed by atoms with Crippen LogP contribution in [0.1, 0.15) is 29.0 Å². The second kappa shape index (κ2) is 6.77. The predicted octanol–water partition coefficient (Wildman–Crippen LogP) is 2.91. The normalized spacial score (nSPS) is 17.7. The van der Waals surface area contributed by atoms with Crippen molar-refractivity contribution in [1.82, 2.24) is 5.32 Å². The van der Waals surface area contributed by atoms with Gasteiger partial charge in [0.1, 0.15) is 11.5 Å². The summed E-state index contributed by atoms with van der Waals surface area (Å²) in [6.45, 7) is 2.36. The Morgan fingerprint density at radius 2 is 2.05 bits per heavy atom. The lowest BCUT2D eigenvalue weighted by molar-refractivity contribution is 0.0697. The summed E-state index contributed by atoms with van der Waals surface area (Å²) in [6.07, 6.45) is 2.58. The Labute approximate surface area is 128 Å². The first kappa shape index (κ1) is 14.8. The van der Waals surface area contributed by atoms with E-state index in [0.29, 0.717) is 12.6 Å². The minimum absolute atomic E-state index is 0.272. The van der Waals surface area contributed by atoms with Crippen molar-refractivity contribution in [3.8, 4) is 11.3 Å². The molecule has 2 aromatic rings. The maximum atomic E-state index is 10.8. The molecule has 5 heteroatoms. The van der Waals surface area contributed by atoms with Crippen LogP contribution in [0.3, 0.4) is 0 Å². The first-order valence-corrected chi connectivity index (χ1v) is 7.47. The molecule has 0 saturated carbocycles. The average Bonchev–Trinajstić information content (AvgIpc) is 3.19. The lowest BCUT2D eigenvalue weighted by Gasteiger charge is -2.09. The lowest BCUT2D eigenvalue weighted by atomic mass is 10.1. The second-order valence-electron chi connectivity index (χ2n) is 5.41. The Hall–Kier alpha value is -2.11. The number of nitrogens with one attached hydrogen (secondary N) is 1. The summed E-state index contributed by atoms with van der Waals surface area (Å²) in [5, 5.41) is 12.2. The Morgan fingerprint density at radius 1 is 1.23 bits per heavy atom. The molecule has 0 radical (unpaired) electrons. The quantitative estimate of drug-likeness (QED) is 0.858. The summed E-state index contributed by atoms with van der Waals surface area (Å²) >= 11 is 0. The van der Waals surface area contributed by atoms with Gasteiger partial charge in [0.25, 0.3) is 0 Å². The summed E-state index contributed by atoms with van der Waals surface area (Å²) < 4.78 is 11.3. The SMILES string of the molecule is O=C(O)c1ccc(-c2ccc(CNCC3CCCO3)o2)cc1. The van der Waals surface area contributed by atoms with Crippen molar-refractivity contribution in [2.24, 2.45) is 0 Å². The van der Waals surface area contributed by atoms with Crippen LogP contribution in [0.25, 0.3) is 11.3 Å². The molecule has 0 amide bonds. The molecule has 22 heavy (non-hydrogen) atoms. The van der Waals surface area contributed by atoms with Crippen LogP contribution >= 0.6 is 0 Å². The molecular weight excluding hydrogens is 282 g/mol. The zero-order valence-electron chi connectivity index (χ0n) is 12.2. The van der Waals surface area contributed by atoms with Crippen molar-refractivity contribution in [1.29, 1.82) is 0 Å². The molecule has 116 valence electrons. The number of rotatable bonds is 6. The van der Waals surface area contributed by atoms with E-state index in [0.717, 1.165) is 43.1 Å². The van der Waals surface area contributed by atoms with Gasteiger partial charge < -0.3 is 19.6 Å². The third-order valence-corrected chi connectivity index (χ3v) is 3.77. The van der Waals surface area contributed by atoms with Crippen LogP contribution in [0.2, 0.25) is 0 Å². The van der Waals surface area contributed by atoms with E-state index in [1.165, 1.54) is 0 Å². The number of ether oxygens (including phenoxy) is 1. The highest BCUT2D eigenvalue weighted by molar-refractivity contribution is 5.88. The molecule has 1 atom stereocenters. The van der Waals surface area contributed by atoms with Crippen molar-refractivity contribution in [2.75, 3.05) is 13.2 Å². The van der Waals surface area contributed by atoms with Gasteiger partial charge in [0.15, 0.2) is 0 Å².